The molecule has 2 N–H and O–H groups in total. The zero-order valence-electron chi connectivity index (χ0n) is 14.8. The van der Waals surface area contributed by atoms with Crippen LogP contribution >= 0.6 is 11.8 Å². The Morgan fingerprint density at radius 3 is 2.15 bits per heavy atom. The molecule has 3 rings (SSSR count). The third-order valence-corrected chi connectivity index (χ3v) is 4.55. The van der Waals surface area contributed by atoms with Crippen molar-refractivity contribution in [3.8, 4) is 5.69 Å². The van der Waals surface area contributed by atoms with Gasteiger partial charge in [0.25, 0.3) is 0 Å². The maximum Gasteiger partial charge on any atom is 0.234 e. The standard InChI is InChI=1S/C19H19N5O2S/c1-14-4-2-5-15(8-14)22-18(25)10-27-11-19(26)23-16-6-3-7-17(9-16)24-12-20-21-13-24/h2-9,12-13H,10-11H2,1H3,(H,22,25)(H,23,26). The van der Waals surface area contributed by atoms with E-state index in [1.54, 1.807) is 23.3 Å². The van der Waals surface area contributed by atoms with E-state index in [1.807, 2.05) is 49.4 Å². The number of hydrogen-bond donors (Lipinski definition) is 2. The minimum atomic E-state index is -0.163. The number of carbonyl (C=O) groups excluding carboxylic acids is 2. The second-order valence-corrected chi connectivity index (χ2v) is 6.86. The molecule has 7 nitrogen and oxygen atoms in total. The molecule has 138 valence electrons. The summed E-state index contributed by atoms with van der Waals surface area (Å²) in [6, 6.07) is 15.0. The molecule has 0 fully saturated rings. The molecule has 0 aliphatic heterocycles. The number of thioether (sulfide) groups is 1. The number of benzene rings is 2. The lowest BCUT2D eigenvalue weighted by Gasteiger charge is -2.08. The quantitative estimate of drug-likeness (QED) is 0.657. The Morgan fingerprint density at radius 2 is 1.52 bits per heavy atom. The fraction of sp³-hybridized carbons (Fsp3) is 0.158. The molecule has 0 unspecified atom stereocenters. The molecule has 2 amide bonds. The SMILES string of the molecule is Cc1cccc(NC(=O)CSCC(=O)Nc2cccc(-n3cnnc3)c2)c1. The van der Waals surface area contributed by atoms with Gasteiger partial charge < -0.3 is 10.6 Å². The fourth-order valence-corrected chi connectivity index (χ4v) is 3.05. The molecule has 0 atom stereocenters. The van der Waals surface area contributed by atoms with Crippen LogP contribution in [0.3, 0.4) is 0 Å². The lowest BCUT2D eigenvalue weighted by Crippen LogP contribution is -2.18. The van der Waals surface area contributed by atoms with Crippen molar-refractivity contribution >= 4 is 35.0 Å². The summed E-state index contributed by atoms with van der Waals surface area (Å²) >= 11 is 1.26. The number of aromatic nitrogens is 3. The van der Waals surface area contributed by atoms with Gasteiger partial charge in [0.1, 0.15) is 12.7 Å². The molecule has 27 heavy (non-hydrogen) atoms. The van der Waals surface area contributed by atoms with E-state index in [4.69, 9.17) is 0 Å². The van der Waals surface area contributed by atoms with Crippen molar-refractivity contribution in [1.82, 2.24) is 14.8 Å². The number of carbonyl (C=O) groups is 2. The minimum absolute atomic E-state index is 0.131. The predicted octanol–water partition coefficient (Wildman–Crippen LogP) is 2.89. The molecule has 0 saturated carbocycles. The highest BCUT2D eigenvalue weighted by atomic mass is 32.2. The Kier molecular flexibility index (Phi) is 6.22. The normalized spacial score (nSPS) is 10.4. The summed E-state index contributed by atoms with van der Waals surface area (Å²) in [7, 11) is 0. The Labute approximate surface area is 161 Å². The molecule has 3 aromatic rings. The van der Waals surface area contributed by atoms with Crippen molar-refractivity contribution in [3.63, 3.8) is 0 Å². The third-order valence-electron chi connectivity index (χ3n) is 3.61. The first-order valence-electron chi connectivity index (χ1n) is 8.29. The van der Waals surface area contributed by atoms with Crippen LogP contribution in [0, 0.1) is 6.92 Å². The van der Waals surface area contributed by atoms with Gasteiger partial charge in [0.2, 0.25) is 11.8 Å². The highest BCUT2D eigenvalue weighted by molar-refractivity contribution is 8.00. The molecule has 0 bridgehead atoms. The Bertz CT molecular complexity index is 927. The summed E-state index contributed by atoms with van der Waals surface area (Å²) in [6.45, 7) is 1.97. The van der Waals surface area contributed by atoms with E-state index in [9.17, 15) is 9.59 Å². The maximum atomic E-state index is 12.1. The smallest absolute Gasteiger partial charge is 0.234 e. The summed E-state index contributed by atoms with van der Waals surface area (Å²) in [5, 5.41) is 13.2. The van der Waals surface area contributed by atoms with Gasteiger partial charge in [-0.2, -0.15) is 0 Å². The molecule has 0 radical (unpaired) electrons. The minimum Gasteiger partial charge on any atom is -0.325 e. The van der Waals surface area contributed by atoms with Crippen LogP contribution in [0.5, 0.6) is 0 Å². The highest BCUT2D eigenvalue weighted by Crippen LogP contribution is 2.15. The summed E-state index contributed by atoms with van der Waals surface area (Å²) < 4.78 is 1.75. The summed E-state index contributed by atoms with van der Waals surface area (Å²) in [4.78, 5) is 24.1. The van der Waals surface area contributed by atoms with Gasteiger partial charge in [-0.3, -0.25) is 14.2 Å². The number of nitrogens with one attached hydrogen (secondary N) is 2. The van der Waals surface area contributed by atoms with E-state index in [0.717, 1.165) is 16.9 Å². The number of anilines is 2. The van der Waals surface area contributed by atoms with E-state index in [2.05, 4.69) is 20.8 Å². The molecule has 2 aromatic carbocycles. The highest BCUT2D eigenvalue weighted by Gasteiger charge is 2.07. The van der Waals surface area contributed by atoms with Gasteiger partial charge in [-0.25, -0.2) is 0 Å². The summed E-state index contributed by atoms with van der Waals surface area (Å²) in [5.41, 5.74) is 3.36. The first-order chi connectivity index (χ1) is 13.1. The van der Waals surface area contributed by atoms with Crippen LogP contribution in [0.4, 0.5) is 11.4 Å². The monoisotopic (exact) mass is 381 g/mol. The second-order valence-electron chi connectivity index (χ2n) is 5.88. The third kappa shape index (κ3) is 5.68. The summed E-state index contributed by atoms with van der Waals surface area (Å²) in [6.07, 6.45) is 3.17. The van der Waals surface area contributed by atoms with E-state index in [-0.39, 0.29) is 23.3 Å². The van der Waals surface area contributed by atoms with Crippen LogP contribution in [0.25, 0.3) is 5.69 Å². The van der Waals surface area contributed by atoms with Gasteiger partial charge in [0.05, 0.1) is 17.2 Å². The van der Waals surface area contributed by atoms with Gasteiger partial charge in [-0.15, -0.1) is 22.0 Å². The van der Waals surface area contributed by atoms with Crippen LogP contribution < -0.4 is 10.6 Å². The Balaban J connectivity index is 1.44. The maximum absolute atomic E-state index is 12.1. The predicted molar refractivity (Wildman–Crippen MR) is 107 cm³/mol. The number of rotatable bonds is 7. The number of hydrogen-bond acceptors (Lipinski definition) is 5. The zero-order chi connectivity index (χ0) is 19.1. The van der Waals surface area contributed by atoms with Gasteiger partial charge in [-0.1, -0.05) is 18.2 Å². The van der Waals surface area contributed by atoms with E-state index in [0.29, 0.717) is 5.69 Å². The molecule has 0 aliphatic rings. The molecule has 0 aliphatic carbocycles. The van der Waals surface area contributed by atoms with Gasteiger partial charge in [0, 0.05) is 11.4 Å². The van der Waals surface area contributed by atoms with Gasteiger partial charge in [0.15, 0.2) is 0 Å². The fourth-order valence-electron chi connectivity index (χ4n) is 2.43. The lowest BCUT2D eigenvalue weighted by molar-refractivity contribution is -0.114. The first-order valence-corrected chi connectivity index (χ1v) is 9.45. The van der Waals surface area contributed by atoms with E-state index < -0.39 is 0 Å². The van der Waals surface area contributed by atoms with Crippen LogP contribution in [0.15, 0.2) is 61.2 Å². The summed E-state index contributed by atoms with van der Waals surface area (Å²) in [5.74, 6) is 0.109. The van der Waals surface area contributed by atoms with Crippen molar-refractivity contribution in [3.05, 3.63) is 66.7 Å². The van der Waals surface area contributed by atoms with Crippen LogP contribution in [0.1, 0.15) is 5.56 Å². The van der Waals surface area contributed by atoms with Crippen LogP contribution in [0.2, 0.25) is 0 Å². The van der Waals surface area contributed by atoms with Crippen molar-refractivity contribution in [1.29, 1.82) is 0 Å². The Morgan fingerprint density at radius 1 is 0.926 bits per heavy atom. The average Bonchev–Trinajstić information content (AvgIpc) is 3.16. The largest absolute Gasteiger partial charge is 0.325 e. The number of amides is 2. The number of aryl methyl sites for hydroxylation is 1. The average molecular weight is 381 g/mol. The van der Waals surface area contributed by atoms with E-state index >= 15 is 0 Å². The first kappa shape index (κ1) is 18.7. The van der Waals surface area contributed by atoms with Crippen molar-refractivity contribution < 1.29 is 9.59 Å². The van der Waals surface area contributed by atoms with Crippen LogP contribution in [-0.2, 0) is 9.59 Å². The molecular formula is C19H19N5O2S. The molecule has 0 spiro atoms. The molecular weight excluding hydrogens is 362 g/mol. The molecule has 1 aromatic heterocycles. The van der Waals surface area contributed by atoms with Crippen molar-refractivity contribution in [2.24, 2.45) is 0 Å². The van der Waals surface area contributed by atoms with Gasteiger partial charge in [-0.05, 0) is 42.8 Å². The molecule has 1 heterocycles. The second kappa shape index (κ2) is 9.00. The van der Waals surface area contributed by atoms with Crippen molar-refractivity contribution in [2.45, 2.75) is 6.92 Å². The topological polar surface area (TPSA) is 88.9 Å². The molecule has 8 heteroatoms. The Hall–Kier alpha value is -3.13. The van der Waals surface area contributed by atoms with Gasteiger partial charge >= 0.3 is 0 Å². The lowest BCUT2D eigenvalue weighted by atomic mass is 10.2. The number of nitrogens with zero attached hydrogens (tertiary/aromatic N) is 3. The van der Waals surface area contributed by atoms with Crippen molar-refractivity contribution in [2.75, 3.05) is 22.1 Å². The van der Waals surface area contributed by atoms with Crippen LogP contribution in [-0.4, -0.2) is 38.1 Å². The molecule has 0 saturated heterocycles. The zero-order valence-corrected chi connectivity index (χ0v) is 15.6. The van der Waals surface area contributed by atoms with E-state index in [1.165, 1.54) is 11.8 Å².